The molecule has 3 heteroatoms. The van der Waals surface area contributed by atoms with Crippen LogP contribution in [0.5, 0.6) is 0 Å². The molecule has 0 saturated carbocycles. The van der Waals surface area contributed by atoms with Crippen molar-refractivity contribution in [3.8, 4) is 6.07 Å². The Morgan fingerprint density at radius 3 is 2.59 bits per heavy atom. The zero-order valence-electron chi connectivity index (χ0n) is 10.4. The lowest BCUT2D eigenvalue weighted by molar-refractivity contribution is -0.132. The number of nitriles is 1. The summed E-state index contributed by atoms with van der Waals surface area (Å²) >= 11 is 0. The van der Waals surface area contributed by atoms with Gasteiger partial charge in [-0.05, 0) is 18.9 Å². The average molecular weight is 230 g/mol. The van der Waals surface area contributed by atoms with Crippen LogP contribution in [0.25, 0.3) is 0 Å². The van der Waals surface area contributed by atoms with Crippen molar-refractivity contribution >= 4 is 5.91 Å². The SMILES string of the molecule is CCC(C)N(Cc1ccccc1)C(=O)CC#N. The van der Waals surface area contributed by atoms with Gasteiger partial charge in [0.1, 0.15) is 6.42 Å². The summed E-state index contributed by atoms with van der Waals surface area (Å²) in [7, 11) is 0. The molecule has 0 fully saturated rings. The van der Waals surface area contributed by atoms with Crippen LogP contribution in [0.4, 0.5) is 0 Å². The third kappa shape index (κ3) is 3.92. The zero-order chi connectivity index (χ0) is 12.7. The van der Waals surface area contributed by atoms with Gasteiger partial charge in [0, 0.05) is 12.6 Å². The van der Waals surface area contributed by atoms with Gasteiger partial charge in [0.15, 0.2) is 0 Å². The van der Waals surface area contributed by atoms with Crippen LogP contribution in [0, 0.1) is 11.3 Å². The molecule has 0 radical (unpaired) electrons. The molecule has 0 aromatic heterocycles. The lowest BCUT2D eigenvalue weighted by atomic mass is 10.1. The number of hydrogen-bond acceptors (Lipinski definition) is 2. The number of rotatable bonds is 5. The van der Waals surface area contributed by atoms with Crippen molar-refractivity contribution in [2.45, 2.75) is 39.3 Å². The van der Waals surface area contributed by atoms with Crippen molar-refractivity contribution < 1.29 is 4.79 Å². The van der Waals surface area contributed by atoms with Gasteiger partial charge in [-0.3, -0.25) is 4.79 Å². The fourth-order valence-electron chi connectivity index (χ4n) is 1.66. The van der Waals surface area contributed by atoms with Gasteiger partial charge in [-0.1, -0.05) is 37.3 Å². The van der Waals surface area contributed by atoms with Crippen molar-refractivity contribution in [3.05, 3.63) is 35.9 Å². The molecular formula is C14H18N2O. The fraction of sp³-hybridized carbons (Fsp3) is 0.429. The molecule has 1 rings (SSSR count). The van der Waals surface area contributed by atoms with Gasteiger partial charge < -0.3 is 4.90 Å². The highest BCUT2D eigenvalue weighted by atomic mass is 16.2. The van der Waals surface area contributed by atoms with E-state index in [4.69, 9.17) is 5.26 Å². The summed E-state index contributed by atoms with van der Waals surface area (Å²) in [6, 6.07) is 11.9. The zero-order valence-corrected chi connectivity index (χ0v) is 10.4. The molecular weight excluding hydrogens is 212 g/mol. The molecule has 0 spiro atoms. The predicted molar refractivity (Wildman–Crippen MR) is 67.0 cm³/mol. The Labute approximate surface area is 103 Å². The third-order valence-corrected chi connectivity index (χ3v) is 2.87. The first kappa shape index (κ1) is 13.2. The summed E-state index contributed by atoms with van der Waals surface area (Å²) in [6.07, 6.45) is 0.848. The molecule has 1 unspecified atom stereocenters. The van der Waals surface area contributed by atoms with E-state index in [1.807, 2.05) is 50.2 Å². The Hall–Kier alpha value is -1.82. The summed E-state index contributed by atoms with van der Waals surface area (Å²) in [4.78, 5) is 13.6. The highest BCUT2D eigenvalue weighted by Gasteiger charge is 2.18. The van der Waals surface area contributed by atoms with Crippen LogP contribution in [0.15, 0.2) is 30.3 Å². The molecule has 0 saturated heterocycles. The van der Waals surface area contributed by atoms with Gasteiger partial charge in [-0.15, -0.1) is 0 Å². The van der Waals surface area contributed by atoms with Crippen LogP contribution in [0.2, 0.25) is 0 Å². The van der Waals surface area contributed by atoms with Crippen molar-refractivity contribution in [3.63, 3.8) is 0 Å². The monoisotopic (exact) mass is 230 g/mol. The maximum absolute atomic E-state index is 11.9. The second kappa shape index (κ2) is 6.70. The van der Waals surface area contributed by atoms with Crippen LogP contribution in [-0.4, -0.2) is 16.8 Å². The van der Waals surface area contributed by atoms with E-state index in [0.29, 0.717) is 6.54 Å². The minimum absolute atomic E-state index is 0.0445. The van der Waals surface area contributed by atoms with E-state index < -0.39 is 0 Å². The van der Waals surface area contributed by atoms with Crippen LogP contribution < -0.4 is 0 Å². The van der Waals surface area contributed by atoms with E-state index in [1.54, 1.807) is 4.90 Å². The number of carbonyl (C=O) groups excluding carboxylic acids is 1. The lowest BCUT2D eigenvalue weighted by Crippen LogP contribution is -2.37. The van der Waals surface area contributed by atoms with Crippen molar-refractivity contribution in [2.24, 2.45) is 0 Å². The first-order chi connectivity index (χ1) is 8.19. The fourth-order valence-corrected chi connectivity index (χ4v) is 1.66. The Kier molecular flexibility index (Phi) is 5.22. The Morgan fingerprint density at radius 2 is 2.06 bits per heavy atom. The highest BCUT2D eigenvalue weighted by Crippen LogP contribution is 2.12. The Morgan fingerprint density at radius 1 is 1.41 bits per heavy atom. The van der Waals surface area contributed by atoms with Crippen molar-refractivity contribution in [2.75, 3.05) is 0 Å². The Balaban J connectivity index is 2.78. The van der Waals surface area contributed by atoms with Gasteiger partial charge in [0.25, 0.3) is 0 Å². The van der Waals surface area contributed by atoms with Gasteiger partial charge in [0.2, 0.25) is 5.91 Å². The van der Waals surface area contributed by atoms with Crippen LogP contribution in [0.1, 0.15) is 32.3 Å². The molecule has 1 atom stereocenters. The molecule has 1 aromatic carbocycles. The molecule has 0 bridgehead atoms. The summed E-state index contributed by atoms with van der Waals surface area (Å²) in [5.74, 6) is -0.0919. The number of amides is 1. The normalized spacial score (nSPS) is 11.6. The van der Waals surface area contributed by atoms with Crippen molar-refractivity contribution in [1.29, 1.82) is 5.26 Å². The standard InChI is InChI=1S/C14H18N2O/c1-3-12(2)16(14(17)9-10-15)11-13-7-5-4-6-8-13/h4-8,12H,3,9,11H2,1-2H3. The van der Waals surface area contributed by atoms with E-state index >= 15 is 0 Å². The first-order valence-electron chi connectivity index (χ1n) is 5.89. The highest BCUT2D eigenvalue weighted by molar-refractivity contribution is 5.78. The van der Waals surface area contributed by atoms with Crippen LogP contribution in [-0.2, 0) is 11.3 Å². The quantitative estimate of drug-likeness (QED) is 0.780. The number of nitrogens with zero attached hydrogens (tertiary/aromatic N) is 2. The van der Waals surface area contributed by atoms with Gasteiger partial charge in [-0.25, -0.2) is 0 Å². The van der Waals surface area contributed by atoms with Crippen LogP contribution >= 0.6 is 0 Å². The van der Waals surface area contributed by atoms with E-state index in [-0.39, 0.29) is 18.4 Å². The van der Waals surface area contributed by atoms with Gasteiger partial charge in [-0.2, -0.15) is 5.26 Å². The largest absolute Gasteiger partial charge is 0.335 e. The maximum Gasteiger partial charge on any atom is 0.237 e. The van der Waals surface area contributed by atoms with Crippen LogP contribution in [0.3, 0.4) is 0 Å². The van der Waals surface area contributed by atoms with E-state index in [1.165, 1.54) is 0 Å². The molecule has 0 N–H and O–H groups in total. The van der Waals surface area contributed by atoms with Gasteiger partial charge in [0.05, 0.1) is 6.07 Å². The maximum atomic E-state index is 11.9. The Bertz CT molecular complexity index is 394. The molecule has 0 aliphatic rings. The molecule has 3 nitrogen and oxygen atoms in total. The number of hydrogen-bond donors (Lipinski definition) is 0. The topological polar surface area (TPSA) is 44.1 Å². The molecule has 1 aromatic rings. The first-order valence-corrected chi connectivity index (χ1v) is 5.89. The molecule has 0 aliphatic carbocycles. The molecule has 1 amide bonds. The molecule has 0 aliphatic heterocycles. The predicted octanol–water partition coefficient (Wildman–Crippen LogP) is 2.73. The lowest BCUT2D eigenvalue weighted by Gasteiger charge is -2.28. The second-order valence-electron chi connectivity index (χ2n) is 4.10. The molecule has 17 heavy (non-hydrogen) atoms. The third-order valence-electron chi connectivity index (χ3n) is 2.87. The summed E-state index contributed by atoms with van der Waals surface area (Å²) < 4.78 is 0. The summed E-state index contributed by atoms with van der Waals surface area (Å²) in [6.45, 7) is 4.64. The minimum Gasteiger partial charge on any atom is -0.335 e. The second-order valence-corrected chi connectivity index (χ2v) is 4.10. The van der Waals surface area contributed by atoms with Crippen molar-refractivity contribution in [1.82, 2.24) is 4.90 Å². The number of benzene rings is 1. The van der Waals surface area contributed by atoms with Gasteiger partial charge >= 0.3 is 0 Å². The molecule has 90 valence electrons. The molecule has 0 heterocycles. The minimum atomic E-state index is -0.0919. The van der Waals surface area contributed by atoms with E-state index in [9.17, 15) is 4.79 Å². The van der Waals surface area contributed by atoms with E-state index in [0.717, 1.165) is 12.0 Å². The average Bonchev–Trinajstić information content (AvgIpc) is 2.36. The smallest absolute Gasteiger partial charge is 0.237 e. The summed E-state index contributed by atoms with van der Waals surface area (Å²) in [5.41, 5.74) is 1.10. The number of carbonyl (C=O) groups is 1. The van der Waals surface area contributed by atoms with E-state index in [2.05, 4.69) is 0 Å². The summed E-state index contributed by atoms with van der Waals surface area (Å²) in [5, 5.41) is 8.61.